The highest BCUT2D eigenvalue weighted by molar-refractivity contribution is 8.00. The van der Waals surface area contributed by atoms with E-state index >= 15 is 0 Å². The standard InChI is InChI=1S/C17H13Cl2N3OS/c1-10-20-14-5-3-2-4-12(14)17(21-10)24-9-16(23)22-15-7-6-11(18)8-13(15)19/h2-8H,9H2,1H3,(H,22,23). The SMILES string of the molecule is Cc1nc(SCC(=O)Nc2ccc(Cl)cc2Cl)c2ccccc2n1. The van der Waals surface area contributed by atoms with Gasteiger partial charge in [-0.3, -0.25) is 4.79 Å². The van der Waals surface area contributed by atoms with Gasteiger partial charge >= 0.3 is 0 Å². The van der Waals surface area contributed by atoms with Gasteiger partial charge < -0.3 is 5.32 Å². The molecule has 3 aromatic rings. The average molecular weight is 378 g/mol. The third kappa shape index (κ3) is 3.98. The van der Waals surface area contributed by atoms with Crippen LogP contribution >= 0.6 is 35.0 Å². The number of aryl methyl sites for hydroxylation is 1. The van der Waals surface area contributed by atoms with Gasteiger partial charge in [0.2, 0.25) is 5.91 Å². The molecule has 0 aliphatic heterocycles. The summed E-state index contributed by atoms with van der Waals surface area (Å²) < 4.78 is 0. The third-order valence-electron chi connectivity index (χ3n) is 3.23. The van der Waals surface area contributed by atoms with Gasteiger partial charge in [-0.2, -0.15) is 0 Å². The zero-order valence-corrected chi connectivity index (χ0v) is 15.0. The van der Waals surface area contributed by atoms with E-state index in [4.69, 9.17) is 23.2 Å². The maximum absolute atomic E-state index is 12.2. The Bertz CT molecular complexity index is 917. The first kappa shape index (κ1) is 17.0. The van der Waals surface area contributed by atoms with Crippen LogP contribution in [0.1, 0.15) is 5.82 Å². The molecule has 24 heavy (non-hydrogen) atoms. The van der Waals surface area contributed by atoms with Crippen LogP contribution in [0.3, 0.4) is 0 Å². The molecule has 122 valence electrons. The number of carbonyl (C=O) groups excluding carboxylic acids is 1. The van der Waals surface area contributed by atoms with E-state index in [1.54, 1.807) is 18.2 Å². The summed E-state index contributed by atoms with van der Waals surface area (Å²) in [5, 5.41) is 5.43. The molecule has 0 unspecified atom stereocenters. The van der Waals surface area contributed by atoms with Crippen molar-refractivity contribution in [3.63, 3.8) is 0 Å². The molecule has 4 nitrogen and oxygen atoms in total. The molecule has 1 amide bonds. The van der Waals surface area contributed by atoms with Crippen molar-refractivity contribution in [2.24, 2.45) is 0 Å². The van der Waals surface area contributed by atoms with Crippen LogP contribution in [0.2, 0.25) is 10.0 Å². The smallest absolute Gasteiger partial charge is 0.234 e. The van der Waals surface area contributed by atoms with Gasteiger partial charge in [-0.15, -0.1) is 0 Å². The van der Waals surface area contributed by atoms with Crippen molar-refractivity contribution in [2.75, 3.05) is 11.1 Å². The summed E-state index contributed by atoms with van der Waals surface area (Å²) in [6.45, 7) is 1.84. The molecule has 0 radical (unpaired) electrons. The molecule has 1 heterocycles. The van der Waals surface area contributed by atoms with E-state index in [1.807, 2.05) is 31.2 Å². The van der Waals surface area contributed by atoms with Crippen molar-refractivity contribution in [3.05, 3.63) is 58.3 Å². The molecular weight excluding hydrogens is 365 g/mol. The number of aromatic nitrogens is 2. The summed E-state index contributed by atoms with van der Waals surface area (Å²) in [7, 11) is 0. The van der Waals surface area contributed by atoms with Gasteiger partial charge in [0, 0.05) is 10.4 Å². The Labute approximate surface area is 153 Å². The van der Waals surface area contributed by atoms with Gasteiger partial charge in [0.1, 0.15) is 10.9 Å². The first-order chi connectivity index (χ1) is 11.5. The molecule has 0 aliphatic rings. The summed E-state index contributed by atoms with van der Waals surface area (Å²) in [5.41, 5.74) is 1.41. The summed E-state index contributed by atoms with van der Waals surface area (Å²) in [4.78, 5) is 21.0. The van der Waals surface area contributed by atoms with E-state index in [0.29, 0.717) is 21.6 Å². The van der Waals surface area contributed by atoms with Crippen LogP contribution in [0, 0.1) is 6.92 Å². The predicted molar refractivity (Wildman–Crippen MR) is 100 cm³/mol. The molecule has 3 rings (SSSR count). The second-order valence-corrected chi connectivity index (χ2v) is 6.86. The number of fused-ring (bicyclic) bond motifs is 1. The van der Waals surface area contributed by atoms with Gasteiger partial charge in [0.05, 0.1) is 22.0 Å². The number of thioether (sulfide) groups is 1. The van der Waals surface area contributed by atoms with Crippen LogP contribution in [0.15, 0.2) is 47.5 Å². The third-order valence-corrected chi connectivity index (χ3v) is 4.76. The zero-order valence-electron chi connectivity index (χ0n) is 12.7. The number of nitrogens with one attached hydrogen (secondary N) is 1. The lowest BCUT2D eigenvalue weighted by Gasteiger charge is -2.08. The van der Waals surface area contributed by atoms with E-state index in [9.17, 15) is 4.79 Å². The molecule has 0 spiro atoms. The number of rotatable bonds is 4. The predicted octanol–water partition coefficient (Wildman–Crippen LogP) is 4.98. The molecule has 1 N–H and O–H groups in total. The van der Waals surface area contributed by atoms with E-state index in [1.165, 1.54) is 11.8 Å². The van der Waals surface area contributed by atoms with Crippen LogP contribution in [-0.4, -0.2) is 21.6 Å². The quantitative estimate of drug-likeness (QED) is 0.514. The van der Waals surface area contributed by atoms with E-state index in [-0.39, 0.29) is 11.7 Å². The van der Waals surface area contributed by atoms with Crippen LogP contribution in [-0.2, 0) is 4.79 Å². The Morgan fingerprint density at radius 2 is 1.96 bits per heavy atom. The highest BCUT2D eigenvalue weighted by atomic mass is 35.5. The molecule has 7 heteroatoms. The molecule has 1 aromatic heterocycles. The van der Waals surface area contributed by atoms with Crippen LogP contribution in [0.5, 0.6) is 0 Å². The van der Waals surface area contributed by atoms with Gasteiger partial charge in [-0.25, -0.2) is 9.97 Å². The fraction of sp³-hybridized carbons (Fsp3) is 0.118. The minimum Gasteiger partial charge on any atom is -0.324 e. The van der Waals surface area contributed by atoms with Crippen molar-refractivity contribution >= 4 is 57.5 Å². The molecule has 0 saturated heterocycles. The van der Waals surface area contributed by atoms with Gasteiger partial charge in [0.25, 0.3) is 0 Å². The molecular formula is C17H13Cl2N3OS. The summed E-state index contributed by atoms with van der Waals surface area (Å²) in [6, 6.07) is 12.7. The first-order valence-electron chi connectivity index (χ1n) is 7.14. The van der Waals surface area contributed by atoms with E-state index < -0.39 is 0 Å². The lowest BCUT2D eigenvalue weighted by atomic mass is 10.2. The van der Waals surface area contributed by atoms with Crippen LogP contribution in [0.4, 0.5) is 5.69 Å². The summed E-state index contributed by atoms with van der Waals surface area (Å²) in [6.07, 6.45) is 0. The topological polar surface area (TPSA) is 54.9 Å². The van der Waals surface area contributed by atoms with Crippen molar-refractivity contribution in [1.82, 2.24) is 9.97 Å². The fourth-order valence-electron chi connectivity index (χ4n) is 2.18. The average Bonchev–Trinajstić information content (AvgIpc) is 2.55. The minimum atomic E-state index is -0.162. The molecule has 0 bridgehead atoms. The van der Waals surface area contributed by atoms with Crippen molar-refractivity contribution < 1.29 is 4.79 Å². The number of anilines is 1. The second kappa shape index (κ2) is 7.38. The Balaban J connectivity index is 1.73. The van der Waals surface area contributed by atoms with Crippen LogP contribution in [0.25, 0.3) is 10.9 Å². The lowest BCUT2D eigenvalue weighted by molar-refractivity contribution is -0.113. The fourth-order valence-corrected chi connectivity index (χ4v) is 3.50. The van der Waals surface area contributed by atoms with E-state index in [2.05, 4.69) is 15.3 Å². The summed E-state index contributed by atoms with van der Waals surface area (Å²) in [5.74, 6) is 0.737. The maximum Gasteiger partial charge on any atom is 0.234 e. The lowest BCUT2D eigenvalue weighted by Crippen LogP contribution is -2.14. The van der Waals surface area contributed by atoms with Gasteiger partial charge in [-0.1, -0.05) is 53.2 Å². The Morgan fingerprint density at radius 1 is 1.17 bits per heavy atom. The number of nitrogens with zero attached hydrogens (tertiary/aromatic N) is 2. The second-order valence-electron chi connectivity index (χ2n) is 5.05. The first-order valence-corrected chi connectivity index (χ1v) is 8.88. The Morgan fingerprint density at radius 3 is 2.75 bits per heavy atom. The normalized spacial score (nSPS) is 10.8. The van der Waals surface area contributed by atoms with Crippen molar-refractivity contribution in [1.29, 1.82) is 0 Å². The van der Waals surface area contributed by atoms with E-state index in [0.717, 1.165) is 15.9 Å². The number of halogens is 2. The molecule has 0 aliphatic carbocycles. The van der Waals surface area contributed by atoms with Gasteiger partial charge in [0.15, 0.2) is 0 Å². The largest absolute Gasteiger partial charge is 0.324 e. The molecule has 2 aromatic carbocycles. The number of carbonyl (C=O) groups is 1. The Hall–Kier alpha value is -1.82. The van der Waals surface area contributed by atoms with Crippen molar-refractivity contribution in [2.45, 2.75) is 11.9 Å². The van der Waals surface area contributed by atoms with Crippen LogP contribution < -0.4 is 5.32 Å². The highest BCUT2D eigenvalue weighted by Gasteiger charge is 2.10. The number of para-hydroxylation sites is 1. The molecule has 0 atom stereocenters. The molecule has 0 saturated carbocycles. The minimum absolute atomic E-state index is 0.162. The maximum atomic E-state index is 12.2. The number of benzene rings is 2. The number of hydrogen-bond donors (Lipinski definition) is 1. The Kier molecular flexibility index (Phi) is 5.23. The highest BCUT2D eigenvalue weighted by Crippen LogP contribution is 2.27. The molecule has 0 fully saturated rings. The van der Waals surface area contributed by atoms with Gasteiger partial charge in [-0.05, 0) is 31.2 Å². The zero-order chi connectivity index (χ0) is 17.1. The summed E-state index contributed by atoms with van der Waals surface area (Å²) >= 11 is 13.3. The monoisotopic (exact) mass is 377 g/mol. The number of amides is 1. The number of hydrogen-bond acceptors (Lipinski definition) is 4. The van der Waals surface area contributed by atoms with Crippen molar-refractivity contribution in [3.8, 4) is 0 Å².